The van der Waals surface area contributed by atoms with Gasteiger partial charge < -0.3 is 15.4 Å². The van der Waals surface area contributed by atoms with Crippen LogP contribution in [0.4, 0.5) is 14.6 Å². The van der Waals surface area contributed by atoms with E-state index in [4.69, 9.17) is 5.73 Å². The Morgan fingerprint density at radius 1 is 1.14 bits per heavy atom. The first-order chi connectivity index (χ1) is 13.2. The summed E-state index contributed by atoms with van der Waals surface area (Å²) in [4.78, 5) is 31.5. The van der Waals surface area contributed by atoms with Gasteiger partial charge in [0.2, 0.25) is 0 Å². The van der Waals surface area contributed by atoms with E-state index in [9.17, 15) is 23.5 Å². The average Bonchev–Trinajstić information content (AvgIpc) is 2.64. The summed E-state index contributed by atoms with van der Waals surface area (Å²) < 4.78 is 29.5. The smallest absolute Gasteiger partial charge is 0.358 e. The number of nitrogens with zero attached hydrogens (tertiary/aromatic N) is 3. The molecular formula is C19H16F2N4O3. The Morgan fingerprint density at radius 2 is 1.86 bits per heavy atom. The number of hydrogen-bond acceptors (Lipinski definition) is 5. The van der Waals surface area contributed by atoms with Gasteiger partial charge in [0.15, 0.2) is 23.1 Å². The van der Waals surface area contributed by atoms with Gasteiger partial charge >= 0.3 is 5.97 Å². The molecule has 0 spiro atoms. The van der Waals surface area contributed by atoms with E-state index in [0.29, 0.717) is 5.56 Å². The van der Waals surface area contributed by atoms with Crippen LogP contribution in [0.25, 0.3) is 22.5 Å². The molecule has 0 radical (unpaired) electrons. The highest BCUT2D eigenvalue weighted by Gasteiger charge is 2.22. The van der Waals surface area contributed by atoms with Crippen LogP contribution in [0, 0.1) is 11.6 Å². The summed E-state index contributed by atoms with van der Waals surface area (Å²) in [6, 6.07) is 6.01. The van der Waals surface area contributed by atoms with Crippen LogP contribution in [0.1, 0.15) is 30.4 Å². The van der Waals surface area contributed by atoms with Crippen LogP contribution in [0.2, 0.25) is 0 Å². The molecule has 2 heterocycles. The Morgan fingerprint density at radius 3 is 2.50 bits per heavy atom. The molecule has 0 unspecified atom stereocenters. The molecule has 2 aromatic heterocycles. The molecule has 3 aromatic rings. The maximum Gasteiger partial charge on any atom is 0.358 e. The van der Waals surface area contributed by atoms with Crippen molar-refractivity contribution < 1.29 is 18.7 Å². The van der Waals surface area contributed by atoms with Gasteiger partial charge in [-0.2, -0.15) is 0 Å². The van der Waals surface area contributed by atoms with E-state index in [-0.39, 0.29) is 28.6 Å². The first-order valence-corrected chi connectivity index (χ1v) is 8.28. The molecule has 3 rings (SSSR count). The Hall–Kier alpha value is -3.62. The van der Waals surface area contributed by atoms with Crippen LogP contribution >= 0.6 is 0 Å². The third-order valence-corrected chi connectivity index (χ3v) is 4.10. The number of carbonyl (C=O) groups is 1. The summed E-state index contributed by atoms with van der Waals surface area (Å²) in [6.45, 7) is 3.57. The Balaban J connectivity index is 2.37. The topological polar surface area (TPSA) is 111 Å². The molecule has 0 atom stereocenters. The normalized spacial score (nSPS) is 11.0. The fraction of sp³-hybridized carbons (Fsp3) is 0.158. The number of nitrogens with two attached hydrogens (primary N) is 1. The lowest BCUT2D eigenvalue weighted by molar-refractivity contribution is 0.0691. The molecular weight excluding hydrogens is 370 g/mol. The monoisotopic (exact) mass is 386 g/mol. The molecule has 0 saturated heterocycles. The Kier molecular flexibility index (Phi) is 4.91. The van der Waals surface area contributed by atoms with Crippen LogP contribution in [0.5, 0.6) is 0 Å². The van der Waals surface area contributed by atoms with Crippen LogP contribution in [-0.2, 0) is 0 Å². The molecule has 0 saturated carbocycles. The van der Waals surface area contributed by atoms with Crippen LogP contribution in [-0.4, -0.2) is 25.6 Å². The molecule has 28 heavy (non-hydrogen) atoms. The predicted molar refractivity (Wildman–Crippen MR) is 98.8 cm³/mol. The molecule has 0 fully saturated rings. The molecule has 144 valence electrons. The maximum absolute atomic E-state index is 14.4. The second-order valence-electron chi connectivity index (χ2n) is 6.32. The lowest BCUT2D eigenvalue weighted by Gasteiger charge is -2.15. The molecule has 9 heteroatoms. The third-order valence-electron chi connectivity index (χ3n) is 4.10. The van der Waals surface area contributed by atoms with E-state index >= 15 is 0 Å². The van der Waals surface area contributed by atoms with Gasteiger partial charge in [-0.05, 0) is 32.0 Å². The third kappa shape index (κ3) is 3.34. The summed E-state index contributed by atoms with van der Waals surface area (Å²) >= 11 is 0. The van der Waals surface area contributed by atoms with Crippen molar-refractivity contribution in [3.63, 3.8) is 0 Å². The van der Waals surface area contributed by atoms with Crippen molar-refractivity contribution in [1.82, 2.24) is 14.5 Å². The quantitative estimate of drug-likeness (QED) is 0.713. The standard InChI is InChI=1S/C19H16F2N4O3/c1-9(2)25-8-10(6-7-13(25)26)15-16(11-4-3-5-12(20)14(11)21)24-18(22)17(23-15)19(27)28/h3-9H,1-2H3,(H2,22,24)(H,27,28). The number of anilines is 1. The fourth-order valence-electron chi connectivity index (χ4n) is 2.73. The van der Waals surface area contributed by atoms with Gasteiger partial charge in [-0.1, -0.05) is 6.07 Å². The number of nitrogen functional groups attached to an aromatic ring is 1. The lowest BCUT2D eigenvalue weighted by atomic mass is 10.0. The van der Waals surface area contributed by atoms with Crippen LogP contribution in [0.3, 0.4) is 0 Å². The molecule has 0 aliphatic carbocycles. The fourth-order valence-corrected chi connectivity index (χ4v) is 2.73. The van der Waals surface area contributed by atoms with Crippen molar-refractivity contribution in [2.24, 2.45) is 0 Å². The largest absolute Gasteiger partial charge is 0.476 e. The summed E-state index contributed by atoms with van der Waals surface area (Å²) in [5.74, 6) is -4.13. The van der Waals surface area contributed by atoms with E-state index in [1.165, 1.54) is 35.0 Å². The van der Waals surface area contributed by atoms with E-state index in [0.717, 1.165) is 6.07 Å². The highest BCUT2D eigenvalue weighted by atomic mass is 19.2. The molecule has 0 bridgehead atoms. The lowest BCUT2D eigenvalue weighted by Crippen LogP contribution is -2.20. The molecule has 1 aromatic carbocycles. The average molecular weight is 386 g/mol. The first kappa shape index (κ1) is 19.2. The number of halogens is 2. The number of aromatic carboxylic acids is 1. The SMILES string of the molecule is CC(C)n1cc(-c2nc(C(=O)O)c(N)nc2-c2cccc(F)c2F)ccc1=O. The second kappa shape index (κ2) is 7.18. The van der Waals surface area contributed by atoms with Crippen molar-refractivity contribution in [3.8, 4) is 22.5 Å². The summed E-state index contributed by atoms with van der Waals surface area (Å²) in [5, 5.41) is 9.31. The Bertz CT molecular complexity index is 1140. The van der Waals surface area contributed by atoms with Gasteiger partial charge in [-0.3, -0.25) is 4.79 Å². The summed E-state index contributed by atoms with van der Waals surface area (Å²) in [5.41, 5.74) is 4.77. The minimum absolute atomic E-state index is 0.0366. The molecule has 0 amide bonds. The van der Waals surface area contributed by atoms with Crippen molar-refractivity contribution >= 4 is 11.8 Å². The van der Waals surface area contributed by atoms with Crippen LogP contribution in [0.15, 0.2) is 41.3 Å². The van der Waals surface area contributed by atoms with Gasteiger partial charge in [0.05, 0.1) is 5.69 Å². The maximum atomic E-state index is 14.4. The van der Waals surface area contributed by atoms with Crippen LogP contribution < -0.4 is 11.3 Å². The number of benzene rings is 1. The minimum Gasteiger partial charge on any atom is -0.476 e. The zero-order chi connectivity index (χ0) is 20.6. The summed E-state index contributed by atoms with van der Waals surface area (Å²) in [6.07, 6.45) is 1.46. The number of pyridine rings is 1. The molecule has 0 aliphatic heterocycles. The number of rotatable bonds is 4. The molecule has 7 nitrogen and oxygen atoms in total. The highest BCUT2D eigenvalue weighted by Crippen LogP contribution is 2.32. The summed E-state index contributed by atoms with van der Waals surface area (Å²) in [7, 11) is 0. The van der Waals surface area contributed by atoms with Crippen molar-refractivity contribution in [2.75, 3.05) is 5.73 Å². The predicted octanol–water partition coefficient (Wildman–Crippen LogP) is 3.11. The van der Waals surface area contributed by atoms with E-state index < -0.39 is 29.1 Å². The van der Waals surface area contributed by atoms with Gasteiger partial charge in [0.1, 0.15) is 5.69 Å². The zero-order valence-corrected chi connectivity index (χ0v) is 15.0. The van der Waals surface area contributed by atoms with E-state index in [1.54, 1.807) is 13.8 Å². The van der Waals surface area contributed by atoms with E-state index in [1.807, 2.05) is 0 Å². The number of carboxylic acids is 1. The van der Waals surface area contributed by atoms with Crippen molar-refractivity contribution in [1.29, 1.82) is 0 Å². The number of aromatic nitrogens is 3. The van der Waals surface area contributed by atoms with Gasteiger partial charge in [0.25, 0.3) is 5.56 Å². The highest BCUT2D eigenvalue weighted by molar-refractivity contribution is 5.92. The minimum atomic E-state index is -1.42. The van der Waals surface area contributed by atoms with Gasteiger partial charge in [0, 0.05) is 29.4 Å². The van der Waals surface area contributed by atoms with Crippen molar-refractivity contribution in [2.45, 2.75) is 19.9 Å². The van der Waals surface area contributed by atoms with Gasteiger partial charge in [-0.25, -0.2) is 23.5 Å². The number of hydrogen-bond donors (Lipinski definition) is 2. The Labute approximate surface area is 158 Å². The number of carboxylic acid groups (broad SMARTS) is 1. The van der Waals surface area contributed by atoms with Gasteiger partial charge in [-0.15, -0.1) is 0 Å². The van der Waals surface area contributed by atoms with Crippen molar-refractivity contribution in [3.05, 3.63) is 64.2 Å². The molecule has 0 aliphatic rings. The zero-order valence-electron chi connectivity index (χ0n) is 15.0. The first-order valence-electron chi connectivity index (χ1n) is 8.28. The van der Waals surface area contributed by atoms with E-state index in [2.05, 4.69) is 9.97 Å². The molecule has 3 N–H and O–H groups in total. The second-order valence-corrected chi connectivity index (χ2v) is 6.32.